The molecule has 2 N–H and O–H groups in total. The van der Waals surface area contributed by atoms with Crippen molar-refractivity contribution >= 4 is 17.5 Å². The molecule has 138 valence electrons. The average Bonchev–Trinajstić information content (AvgIpc) is 2.66. The first kappa shape index (κ1) is 19.7. The van der Waals surface area contributed by atoms with Crippen molar-refractivity contribution in [2.24, 2.45) is 0 Å². The number of amides is 2. The highest BCUT2D eigenvalue weighted by atomic mass is 16.5. The van der Waals surface area contributed by atoms with Crippen molar-refractivity contribution in [2.45, 2.75) is 32.8 Å². The van der Waals surface area contributed by atoms with Crippen molar-refractivity contribution in [1.29, 1.82) is 0 Å². The highest BCUT2D eigenvalue weighted by Gasteiger charge is 2.31. The van der Waals surface area contributed by atoms with Crippen LogP contribution >= 0.6 is 0 Å². The molecule has 2 rings (SSSR count). The van der Waals surface area contributed by atoms with Crippen LogP contribution in [0, 0.1) is 13.8 Å². The molecule has 5 heteroatoms. The van der Waals surface area contributed by atoms with E-state index in [2.05, 4.69) is 10.6 Å². The van der Waals surface area contributed by atoms with Crippen molar-refractivity contribution in [3.63, 3.8) is 0 Å². The molecule has 0 fully saturated rings. The molecule has 1 atom stereocenters. The smallest absolute Gasteiger partial charge is 0.313 e. The maximum absolute atomic E-state index is 12.2. The number of hydrogen-bond acceptors (Lipinski definition) is 3. The zero-order chi connectivity index (χ0) is 19.2. The van der Waals surface area contributed by atoms with Gasteiger partial charge >= 0.3 is 11.8 Å². The number of carbonyl (C=O) groups is 2. The Morgan fingerprint density at radius 1 is 1.00 bits per heavy atom. The number of nitrogens with one attached hydrogen (secondary N) is 2. The lowest BCUT2D eigenvalue weighted by Gasteiger charge is -2.32. The SMILES string of the molecule is CCC(CNC(=O)C(=O)Nc1ccc(C)c(C)c1)(OC)c1ccccc1. The van der Waals surface area contributed by atoms with Gasteiger partial charge in [0.1, 0.15) is 5.60 Å². The van der Waals surface area contributed by atoms with Crippen molar-refractivity contribution in [1.82, 2.24) is 5.32 Å². The Bertz CT molecular complexity index is 768. The van der Waals surface area contributed by atoms with E-state index >= 15 is 0 Å². The van der Waals surface area contributed by atoms with Gasteiger partial charge in [-0.3, -0.25) is 9.59 Å². The Hall–Kier alpha value is -2.66. The standard InChI is InChI=1S/C21H26N2O3/c1-5-21(26-4,17-9-7-6-8-10-17)14-22-19(24)20(25)23-18-12-11-15(2)16(3)13-18/h6-13H,5,14H2,1-4H3,(H,22,24)(H,23,25). The molecule has 0 bridgehead atoms. The number of ether oxygens (including phenoxy) is 1. The van der Waals surface area contributed by atoms with Crippen molar-refractivity contribution in [3.8, 4) is 0 Å². The van der Waals surface area contributed by atoms with Gasteiger partial charge in [0.2, 0.25) is 0 Å². The van der Waals surface area contributed by atoms with Crippen molar-refractivity contribution in [2.75, 3.05) is 19.0 Å². The minimum atomic E-state index is -0.692. The van der Waals surface area contributed by atoms with Gasteiger partial charge in [-0.05, 0) is 49.1 Å². The van der Waals surface area contributed by atoms with Crippen LogP contribution in [-0.4, -0.2) is 25.5 Å². The summed E-state index contributed by atoms with van der Waals surface area (Å²) >= 11 is 0. The fraction of sp³-hybridized carbons (Fsp3) is 0.333. The predicted octanol–water partition coefficient (Wildman–Crippen LogP) is 3.31. The first-order valence-corrected chi connectivity index (χ1v) is 8.69. The number of rotatable bonds is 6. The van der Waals surface area contributed by atoms with Crippen LogP contribution in [0.25, 0.3) is 0 Å². The fourth-order valence-corrected chi connectivity index (χ4v) is 2.82. The van der Waals surface area contributed by atoms with Gasteiger partial charge in [0.15, 0.2) is 0 Å². The summed E-state index contributed by atoms with van der Waals surface area (Å²) in [6.45, 7) is 6.15. The number of carbonyl (C=O) groups excluding carboxylic acids is 2. The first-order chi connectivity index (χ1) is 12.4. The van der Waals surface area contributed by atoms with Gasteiger partial charge in [0.25, 0.3) is 0 Å². The average molecular weight is 354 g/mol. The Labute approximate surface area is 154 Å². The summed E-state index contributed by atoms with van der Waals surface area (Å²) < 4.78 is 5.70. The van der Waals surface area contributed by atoms with E-state index in [0.717, 1.165) is 16.7 Å². The van der Waals surface area contributed by atoms with E-state index in [1.807, 2.05) is 63.2 Å². The zero-order valence-electron chi connectivity index (χ0n) is 15.8. The van der Waals surface area contributed by atoms with Gasteiger partial charge in [0, 0.05) is 12.8 Å². The van der Waals surface area contributed by atoms with Gasteiger partial charge < -0.3 is 15.4 Å². The van der Waals surface area contributed by atoms with Crippen molar-refractivity contribution in [3.05, 3.63) is 65.2 Å². The lowest BCUT2D eigenvalue weighted by molar-refractivity contribution is -0.137. The van der Waals surface area contributed by atoms with Gasteiger partial charge in [-0.15, -0.1) is 0 Å². The molecule has 0 saturated heterocycles. The molecule has 2 aromatic carbocycles. The quantitative estimate of drug-likeness (QED) is 0.782. The Balaban J connectivity index is 2.03. The van der Waals surface area contributed by atoms with Crippen LogP contribution in [-0.2, 0) is 19.9 Å². The third-order valence-electron chi connectivity index (χ3n) is 4.77. The number of benzene rings is 2. The summed E-state index contributed by atoms with van der Waals surface area (Å²) in [5, 5.41) is 5.32. The van der Waals surface area contributed by atoms with Gasteiger partial charge in [-0.1, -0.05) is 43.3 Å². The van der Waals surface area contributed by atoms with E-state index in [4.69, 9.17) is 4.74 Å². The van der Waals surface area contributed by atoms with E-state index in [1.165, 1.54) is 0 Å². The number of aryl methyl sites for hydroxylation is 2. The lowest BCUT2D eigenvalue weighted by atomic mass is 9.90. The molecular formula is C21H26N2O3. The van der Waals surface area contributed by atoms with Crippen LogP contribution in [0.4, 0.5) is 5.69 Å². The second kappa shape index (κ2) is 8.63. The van der Waals surface area contributed by atoms with Crippen LogP contribution in [0.5, 0.6) is 0 Å². The number of anilines is 1. The van der Waals surface area contributed by atoms with Gasteiger partial charge in [-0.2, -0.15) is 0 Å². The summed E-state index contributed by atoms with van der Waals surface area (Å²) in [5.41, 5.74) is 3.07. The molecule has 2 amide bonds. The molecule has 0 spiro atoms. The molecule has 0 heterocycles. The Kier molecular flexibility index (Phi) is 6.52. The third-order valence-corrected chi connectivity index (χ3v) is 4.77. The second-order valence-electron chi connectivity index (χ2n) is 6.35. The molecular weight excluding hydrogens is 328 g/mol. The molecule has 0 aliphatic rings. The number of methoxy groups -OCH3 is 1. The molecule has 5 nitrogen and oxygen atoms in total. The van der Waals surface area contributed by atoms with Crippen LogP contribution in [0.3, 0.4) is 0 Å². The maximum Gasteiger partial charge on any atom is 0.313 e. The monoisotopic (exact) mass is 354 g/mol. The van der Waals surface area contributed by atoms with Gasteiger partial charge in [-0.25, -0.2) is 0 Å². The van der Waals surface area contributed by atoms with E-state index in [-0.39, 0.29) is 6.54 Å². The first-order valence-electron chi connectivity index (χ1n) is 8.69. The summed E-state index contributed by atoms with van der Waals surface area (Å²) in [4.78, 5) is 24.4. The summed E-state index contributed by atoms with van der Waals surface area (Å²) in [7, 11) is 1.61. The van der Waals surface area contributed by atoms with Gasteiger partial charge in [0.05, 0.1) is 6.54 Å². The summed E-state index contributed by atoms with van der Waals surface area (Å²) in [5.74, 6) is -1.38. The number of hydrogen-bond donors (Lipinski definition) is 2. The second-order valence-corrected chi connectivity index (χ2v) is 6.35. The maximum atomic E-state index is 12.2. The normalized spacial score (nSPS) is 12.9. The molecule has 2 aromatic rings. The van der Waals surface area contributed by atoms with E-state index in [0.29, 0.717) is 12.1 Å². The molecule has 0 aliphatic heterocycles. The highest BCUT2D eigenvalue weighted by Crippen LogP contribution is 2.28. The Morgan fingerprint density at radius 2 is 1.69 bits per heavy atom. The topological polar surface area (TPSA) is 67.4 Å². The molecule has 1 unspecified atom stereocenters. The molecule has 26 heavy (non-hydrogen) atoms. The third kappa shape index (κ3) is 4.49. The van der Waals surface area contributed by atoms with Crippen LogP contribution in [0.1, 0.15) is 30.0 Å². The summed E-state index contributed by atoms with van der Waals surface area (Å²) in [6, 6.07) is 15.2. The molecule has 0 aliphatic carbocycles. The van der Waals surface area contributed by atoms with E-state index in [1.54, 1.807) is 13.2 Å². The molecule has 0 saturated carbocycles. The Morgan fingerprint density at radius 3 is 2.27 bits per heavy atom. The minimum absolute atomic E-state index is 0.212. The summed E-state index contributed by atoms with van der Waals surface area (Å²) in [6.07, 6.45) is 0.659. The lowest BCUT2D eigenvalue weighted by Crippen LogP contribution is -2.45. The van der Waals surface area contributed by atoms with Crippen LogP contribution < -0.4 is 10.6 Å². The predicted molar refractivity (Wildman–Crippen MR) is 103 cm³/mol. The van der Waals surface area contributed by atoms with Crippen molar-refractivity contribution < 1.29 is 14.3 Å². The molecule has 0 aromatic heterocycles. The van der Waals surface area contributed by atoms with Crippen LogP contribution in [0.15, 0.2) is 48.5 Å². The zero-order valence-corrected chi connectivity index (χ0v) is 15.8. The van der Waals surface area contributed by atoms with E-state index in [9.17, 15) is 9.59 Å². The van der Waals surface area contributed by atoms with E-state index < -0.39 is 17.4 Å². The minimum Gasteiger partial charge on any atom is -0.372 e. The molecule has 0 radical (unpaired) electrons. The fourth-order valence-electron chi connectivity index (χ4n) is 2.82. The highest BCUT2D eigenvalue weighted by molar-refractivity contribution is 6.39. The van der Waals surface area contributed by atoms with Crippen LogP contribution in [0.2, 0.25) is 0 Å². The largest absolute Gasteiger partial charge is 0.372 e.